The van der Waals surface area contributed by atoms with Crippen molar-refractivity contribution in [2.75, 3.05) is 13.2 Å². The second-order valence-corrected chi connectivity index (χ2v) is 6.59. The minimum atomic E-state index is -0.860. The molecule has 0 bridgehead atoms. The van der Waals surface area contributed by atoms with Gasteiger partial charge in [0.2, 0.25) is 0 Å². The van der Waals surface area contributed by atoms with E-state index in [1.807, 2.05) is 24.3 Å². The zero-order valence-electron chi connectivity index (χ0n) is 12.7. The largest absolute Gasteiger partial charge is 0.487 e. The van der Waals surface area contributed by atoms with Crippen LogP contribution < -0.4 is 10.1 Å². The number of rotatable bonds is 1. The van der Waals surface area contributed by atoms with Gasteiger partial charge in [-0.25, -0.2) is 0 Å². The van der Waals surface area contributed by atoms with Crippen molar-refractivity contribution in [3.8, 4) is 5.75 Å². The van der Waals surface area contributed by atoms with Crippen molar-refractivity contribution >= 4 is 12.2 Å². The van der Waals surface area contributed by atoms with Crippen LogP contribution in [-0.2, 0) is 15.1 Å². The number of nitrogens with zero attached hydrogens (tertiary/aromatic N) is 1. The van der Waals surface area contributed by atoms with E-state index in [4.69, 9.17) is 9.47 Å². The fraction of sp³-hybridized carbons (Fsp3) is 0.529. The van der Waals surface area contributed by atoms with E-state index in [1.54, 1.807) is 0 Å². The van der Waals surface area contributed by atoms with Gasteiger partial charge in [-0.2, -0.15) is 0 Å². The van der Waals surface area contributed by atoms with Gasteiger partial charge in [-0.3, -0.25) is 9.79 Å². The molecule has 0 aromatic heterocycles. The molecule has 4 rings (SSSR count). The molecule has 1 amide bonds. The van der Waals surface area contributed by atoms with E-state index < -0.39 is 11.1 Å². The van der Waals surface area contributed by atoms with Crippen molar-refractivity contribution in [3.05, 3.63) is 29.8 Å². The number of aliphatic imine (C=N–C) groups is 1. The van der Waals surface area contributed by atoms with Crippen LogP contribution in [0.5, 0.6) is 5.75 Å². The maximum atomic E-state index is 12.6. The summed E-state index contributed by atoms with van der Waals surface area (Å²) in [6.07, 6.45) is 4.16. The van der Waals surface area contributed by atoms with Crippen molar-refractivity contribution in [2.24, 2.45) is 10.9 Å². The molecule has 3 atom stereocenters. The highest BCUT2D eigenvalue weighted by molar-refractivity contribution is 6.01. The van der Waals surface area contributed by atoms with E-state index >= 15 is 0 Å². The first-order valence-electron chi connectivity index (χ1n) is 7.85. The van der Waals surface area contributed by atoms with E-state index in [9.17, 15) is 4.79 Å². The summed E-state index contributed by atoms with van der Waals surface area (Å²) >= 11 is 0. The number of fused-ring (bicyclic) bond motifs is 2. The van der Waals surface area contributed by atoms with E-state index in [-0.39, 0.29) is 11.8 Å². The summed E-state index contributed by atoms with van der Waals surface area (Å²) in [5, 5.41) is 2.74. The molecule has 3 unspecified atom stereocenters. The number of benzene rings is 1. The molecule has 0 radical (unpaired) electrons. The summed E-state index contributed by atoms with van der Waals surface area (Å²) in [6, 6.07) is 7.73. The standard InChI is InChI=1S/C17H20N2O3/c1-16(12-5-4-8-21-9-12)10-17(15(20)18-11-19-17)13-6-2-3-7-14(13)22-16/h2-3,6-7,11-12H,4-5,8-10H2,1H3,(H,18,19,20). The Labute approximate surface area is 129 Å². The van der Waals surface area contributed by atoms with Crippen LogP contribution in [-0.4, -0.2) is 31.1 Å². The Kier molecular flexibility index (Phi) is 3.01. The van der Waals surface area contributed by atoms with Crippen molar-refractivity contribution in [1.29, 1.82) is 0 Å². The first-order valence-corrected chi connectivity index (χ1v) is 7.85. The Morgan fingerprint density at radius 1 is 1.36 bits per heavy atom. The van der Waals surface area contributed by atoms with E-state index in [2.05, 4.69) is 17.2 Å². The van der Waals surface area contributed by atoms with Gasteiger partial charge in [-0.15, -0.1) is 0 Å². The van der Waals surface area contributed by atoms with Crippen LogP contribution in [0.1, 0.15) is 31.7 Å². The SMILES string of the molecule is CC1(C2CCCOC2)CC2(N=CNC2=O)c2ccccc2O1. The minimum Gasteiger partial charge on any atom is -0.487 e. The van der Waals surface area contributed by atoms with Crippen LogP contribution in [0.15, 0.2) is 29.3 Å². The first-order chi connectivity index (χ1) is 10.6. The predicted molar refractivity (Wildman–Crippen MR) is 81.9 cm³/mol. The lowest BCUT2D eigenvalue weighted by molar-refractivity contribution is -0.131. The van der Waals surface area contributed by atoms with Crippen LogP contribution >= 0.6 is 0 Å². The molecule has 1 N–H and O–H groups in total. The third-order valence-corrected chi connectivity index (χ3v) is 5.16. The number of carbonyl (C=O) groups excluding carboxylic acids is 1. The Morgan fingerprint density at radius 3 is 2.95 bits per heavy atom. The third kappa shape index (κ3) is 1.88. The van der Waals surface area contributed by atoms with Gasteiger partial charge in [0.15, 0.2) is 5.54 Å². The van der Waals surface area contributed by atoms with Gasteiger partial charge in [-0.05, 0) is 25.8 Å². The van der Waals surface area contributed by atoms with Crippen molar-refractivity contribution in [2.45, 2.75) is 37.3 Å². The molecule has 0 aliphatic carbocycles. The second-order valence-electron chi connectivity index (χ2n) is 6.59. The summed E-state index contributed by atoms with van der Waals surface area (Å²) in [6.45, 7) is 3.58. The van der Waals surface area contributed by atoms with Crippen LogP contribution in [0.25, 0.3) is 0 Å². The number of amides is 1. The summed E-state index contributed by atoms with van der Waals surface area (Å²) < 4.78 is 12.0. The molecule has 1 aromatic carbocycles. The summed E-state index contributed by atoms with van der Waals surface area (Å²) in [5.74, 6) is 0.970. The second kappa shape index (κ2) is 4.81. The van der Waals surface area contributed by atoms with Gasteiger partial charge in [-0.1, -0.05) is 18.2 Å². The smallest absolute Gasteiger partial charge is 0.257 e. The molecule has 1 spiro atoms. The van der Waals surface area contributed by atoms with Gasteiger partial charge in [0, 0.05) is 24.5 Å². The highest BCUT2D eigenvalue weighted by Crippen LogP contribution is 2.50. The molecule has 3 heterocycles. The van der Waals surface area contributed by atoms with E-state index in [1.165, 1.54) is 6.34 Å². The highest BCUT2D eigenvalue weighted by Gasteiger charge is 2.55. The predicted octanol–water partition coefficient (Wildman–Crippen LogP) is 2.01. The molecule has 3 aliphatic heterocycles. The van der Waals surface area contributed by atoms with Crippen molar-refractivity contribution in [1.82, 2.24) is 5.32 Å². The number of carbonyl (C=O) groups is 1. The van der Waals surface area contributed by atoms with Crippen LogP contribution in [0.3, 0.4) is 0 Å². The number of ether oxygens (including phenoxy) is 2. The quantitative estimate of drug-likeness (QED) is 0.863. The monoisotopic (exact) mass is 300 g/mol. The zero-order chi connectivity index (χ0) is 15.2. The Hall–Kier alpha value is -1.88. The minimum absolute atomic E-state index is 0.0637. The number of hydrogen-bond donors (Lipinski definition) is 1. The van der Waals surface area contributed by atoms with Crippen LogP contribution in [0.2, 0.25) is 0 Å². The van der Waals surface area contributed by atoms with Crippen molar-refractivity contribution in [3.63, 3.8) is 0 Å². The molecule has 5 heteroatoms. The Bertz CT molecular complexity index is 639. The van der Waals surface area contributed by atoms with Gasteiger partial charge in [0.25, 0.3) is 5.91 Å². The molecule has 1 aromatic rings. The normalized spacial score (nSPS) is 36.8. The number of nitrogens with one attached hydrogen (secondary N) is 1. The van der Waals surface area contributed by atoms with Gasteiger partial charge < -0.3 is 14.8 Å². The molecule has 1 fully saturated rings. The van der Waals surface area contributed by atoms with Gasteiger partial charge in [0.1, 0.15) is 11.4 Å². The molecule has 116 valence electrons. The lowest BCUT2D eigenvalue weighted by Crippen LogP contribution is -2.54. The lowest BCUT2D eigenvalue weighted by Gasteiger charge is -2.47. The summed E-state index contributed by atoms with van der Waals surface area (Å²) in [5.41, 5.74) is -0.454. The highest BCUT2D eigenvalue weighted by atomic mass is 16.5. The fourth-order valence-electron chi connectivity index (χ4n) is 3.93. The fourth-order valence-corrected chi connectivity index (χ4v) is 3.93. The summed E-state index contributed by atoms with van der Waals surface area (Å²) in [7, 11) is 0. The maximum absolute atomic E-state index is 12.6. The molecular weight excluding hydrogens is 280 g/mol. The number of hydrogen-bond acceptors (Lipinski definition) is 4. The molecular formula is C17H20N2O3. The summed E-state index contributed by atoms with van der Waals surface area (Å²) in [4.78, 5) is 17.1. The molecule has 5 nitrogen and oxygen atoms in total. The molecule has 22 heavy (non-hydrogen) atoms. The lowest BCUT2D eigenvalue weighted by atomic mass is 9.71. The van der Waals surface area contributed by atoms with Crippen molar-refractivity contribution < 1.29 is 14.3 Å². The van der Waals surface area contributed by atoms with Crippen LogP contribution in [0.4, 0.5) is 0 Å². The maximum Gasteiger partial charge on any atom is 0.257 e. The van der Waals surface area contributed by atoms with Gasteiger partial charge in [0.05, 0.1) is 12.9 Å². The van der Waals surface area contributed by atoms with E-state index in [0.717, 1.165) is 30.8 Å². The average Bonchev–Trinajstić information content (AvgIpc) is 2.89. The Morgan fingerprint density at radius 2 is 2.23 bits per heavy atom. The number of para-hydroxylation sites is 1. The first kappa shape index (κ1) is 13.8. The molecule has 1 saturated heterocycles. The van der Waals surface area contributed by atoms with Gasteiger partial charge >= 0.3 is 0 Å². The Balaban J connectivity index is 1.80. The third-order valence-electron chi connectivity index (χ3n) is 5.16. The molecule has 0 saturated carbocycles. The average molecular weight is 300 g/mol. The van der Waals surface area contributed by atoms with Crippen LogP contribution in [0, 0.1) is 5.92 Å². The zero-order valence-corrected chi connectivity index (χ0v) is 12.7. The molecule has 3 aliphatic rings. The van der Waals surface area contributed by atoms with E-state index in [0.29, 0.717) is 13.0 Å². The topological polar surface area (TPSA) is 59.9 Å².